The Morgan fingerprint density at radius 1 is 0.941 bits per heavy atom. The van der Waals surface area contributed by atoms with E-state index in [-0.39, 0.29) is 23.5 Å². The van der Waals surface area contributed by atoms with Crippen LogP contribution in [0.1, 0.15) is 130 Å². The van der Waals surface area contributed by atoms with Crippen molar-refractivity contribution >= 4 is 17.1 Å². The molecule has 0 bridgehead atoms. The number of Topliss-reactive ketones (excluding diaryl/α,β-unsaturated/α-hetero) is 1. The quantitative estimate of drug-likeness (QED) is 0.426. The number of carbonyl (C=O) groups excluding carboxylic acids is 1. The second-order valence-electron chi connectivity index (χ2n) is 10.9. The van der Waals surface area contributed by atoms with E-state index in [1.165, 1.54) is 0 Å². The van der Waals surface area contributed by atoms with Gasteiger partial charge in [0.05, 0.1) is 29.1 Å². The number of rotatable bonds is 8. The second kappa shape index (κ2) is 8.54. The third-order valence-corrected chi connectivity index (χ3v) is 7.73. The summed E-state index contributed by atoms with van der Waals surface area (Å²) in [6, 6.07) is 0. The maximum absolute atomic E-state index is 13.6. The van der Waals surface area contributed by atoms with Crippen LogP contribution in [0.25, 0.3) is 11.3 Å². The Morgan fingerprint density at radius 2 is 1.62 bits per heavy atom. The zero-order chi connectivity index (χ0) is 23.4. The van der Waals surface area contributed by atoms with Crippen LogP contribution in [-0.2, 0) is 9.53 Å². The van der Waals surface area contributed by atoms with Gasteiger partial charge in [-0.15, -0.1) is 0 Å². The molecule has 2 saturated carbocycles. The number of carbonyl (C=O) groups is 1. The Hall–Kier alpha value is -2.63. The number of ketones is 1. The lowest BCUT2D eigenvalue weighted by atomic mass is 9.86. The molecule has 0 amide bonds. The Kier molecular flexibility index (Phi) is 5.50. The molecule has 1 aliphatic heterocycles. The zero-order valence-corrected chi connectivity index (χ0v) is 20.4. The molecule has 6 nitrogen and oxygen atoms in total. The fraction of sp³-hybridized carbons (Fsp3) is 0.607. The SMILES string of the molecule is CC(C)c1noc(C2CC2)c1C1=CCC(CC(C)c2noc(C3CC3)c2C2=CCCCO2)C1=O. The molecule has 2 fully saturated rings. The molecule has 3 heterocycles. The van der Waals surface area contributed by atoms with Gasteiger partial charge >= 0.3 is 0 Å². The fourth-order valence-corrected chi connectivity index (χ4v) is 5.52. The average molecular weight is 463 g/mol. The molecule has 2 unspecified atom stereocenters. The first-order valence-corrected chi connectivity index (χ1v) is 13.1. The van der Waals surface area contributed by atoms with E-state index in [0.717, 1.165) is 103 Å². The van der Waals surface area contributed by atoms with E-state index < -0.39 is 0 Å². The van der Waals surface area contributed by atoms with Crippen LogP contribution in [-0.4, -0.2) is 22.7 Å². The first-order valence-electron chi connectivity index (χ1n) is 13.1. The number of allylic oxidation sites excluding steroid dienone is 3. The van der Waals surface area contributed by atoms with Gasteiger partial charge in [-0.3, -0.25) is 4.79 Å². The number of ether oxygens (including phenoxy) is 1. The summed E-state index contributed by atoms with van der Waals surface area (Å²) in [5.74, 6) is 4.20. The summed E-state index contributed by atoms with van der Waals surface area (Å²) < 4.78 is 17.7. The summed E-state index contributed by atoms with van der Waals surface area (Å²) >= 11 is 0. The molecule has 4 aliphatic rings. The lowest BCUT2D eigenvalue weighted by Gasteiger charge is -2.19. The van der Waals surface area contributed by atoms with Crippen LogP contribution in [0.3, 0.4) is 0 Å². The van der Waals surface area contributed by atoms with Crippen LogP contribution < -0.4 is 0 Å². The summed E-state index contributed by atoms with van der Waals surface area (Å²) in [4.78, 5) is 13.6. The molecule has 0 aromatic carbocycles. The second-order valence-corrected chi connectivity index (χ2v) is 10.9. The van der Waals surface area contributed by atoms with E-state index in [1.807, 2.05) is 0 Å². The van der Waals surface area contributed by atoms with Crippen molar-refractivity contribution in [3.63, 3.8) is 0 Å². The number of nitrogens with zero attached hydrogens (tertiary/aromatic N) is 2. The van der Waals surface area contributed by atoms with Gasteiger partial charge in [0.1, 0.15) is 11.5 Å². The maximum atomic E-state index is 13.6. The molecule has 2 aromatic rings. The van der Waals surface area contributed by atoms with Crippen LogP contribution in [0.4, 0.5) is 0 Å². The smallest absolute Gasteiger partial charge is 0.166 e. The van der Waals surface area contributed by atoms with E-state index in [4.69, 9.17) is 13.8 Å². The molecule has 6 heteroatoms. The van der Waals surface area contributed by atoms with Gasteiger partial charge in [0.15, 0.2) is 11.5 Å². The molecule has 6 rings (SSSR count). The summed E-state index contributed by atoms with van der Waals surface area (Å²) in [7, 11) is 0. The molecule has 0 radical (unpaired) electrons. The third kappa shape index (κ3) is 3.85. The first-order chi connectivity index (χ1) is 16.5. The molecule has 3 aliphatic carbocycles. The molecular formula is C28H34N2O4. The number of hydrogen-bond donors (Lipinski definition) is 0. The van der Waals surface area contributed by atoms with E-state index in [0.29, 0.717) is 11.8 Å². The molecule has 0 spiro atoms. The van der Waals surface area contributed by atoms with Crippen molar-refractivity contribution in [2.45, 2.75) is 95.8 Å². The van der Waals surface area contributed by atoms with Gasteiger partial charge in [0, 0.05) is 29.2 Å². The molecular weight excluding hydrogens is 428 g/mol. The predicted molar refractivity (Wildman–Crippen MR) is 128 cm³/mol. The molecule has 34 heavy (non-hydrogen) atoms. The molecule has 2 atom stereocenters. The maximum Gasteiger partial charge on any atom is 0.166 e. The van der Waals surface area contributed by atoms with Crippen LogP contribution >= 0.6 is 0 Å². The van der Waals surface area contributed by atoms with Crippen molar-refractivity contribution in [2.75, 3.05) is 6.61 Å². The van der Waals surface area contributed by atoms with Crippen molar-refractivity contribution in [2.24, 2.45) is 5.92 Å². The highest BCUT2D eigenvalue weighted by Crippen LogP contribution is 2.49. The summed E-state index contributed by atoms with van der Waals surface area (Å²) in [5.41, 5.74) is 4.73. The van der Waals surface area contributed by atoms with Gasteiger partial charge < -0.3 is 13.8 Å². The van der Waals surface area contributed by atoms with Crippen molar-refractivity contribution < 1.29 is 18.6 Å². The van der Waals surface area contributed by atoms with E-state index in [9.17, 15) is 4.79 Å². The van der Waals surface area contributed by atoms with Crippen molar-refractivity contribution in [3.05, 3.63) is 46.2 Å². The summed E-state index contributed by atoms with van der Waals surface area (Å²) in [6.45, 7) is 7.14. The molecule has 2 aromatic heterocycles. The van der Waals surface area contributed by atoms with E-state index >= 15 is 0 Å². The van der Waals surface area contributed by atoms with Crippen LogP contribution in [0.15, 0.2) is 21.2 Å². The minimum atomic E-state index is -0.0536. The Bertz CT molecular complexity index is 1140. The normalized spacial score (nSPS) is 23.8. The van der Waals surface area contributed by atoms with E-state index in [2.05, 4.69) is 43.2 Å². The summed E-state index contributed by atoms with van der Waals surface area (Å²) in [6.07, 6.45) is 12.4. The van der Waals surface area contributed by atoms with E-state index in [1.54, 1.807) is 0 Å². The van der Waals surface area contributed by atoms with Crippen molar-refractivity contribution in [1.29, 1.82) is 0 Å². The monoisotopic (exact) mass is 462 g/mol. The third-order valence-electron chi connectivity index (χ3n) is 7.73. The standard InChI is InChI=1S/C28H34N2O4/c1-15(2)24-22(27(33-29-24)17-7-8-17)20-12-11-19(26(20)31)14-16(3)25-23(21-6-4-5-13-32-21)28(34-30-25)18-9-10-18/h6,12,15-19H,4-5,7-11,13-14H2,1-3H3. The Labute approximate surface area is 200 Å². The van der Waals surface area contributed by atoms with Crippen molar-refractivity contribution in [1.82, 2.24) is 10.3 Å². The highest BCUT2D eigenvalue weighted by Gasteiger charge is 2.40. The molecule has 0 saturated heterocycles. The highest BCUT2D eigenvalue weighted by atomic mass is 16.5. The van der Waals surface area contributed by atoms with Gasteiger partial charge in [0.2, 0.25) is 0 Å². The Morgan fingerprint density at radius 3 is 2.24 bits per heavy atom. The van der Waals surface area contributed by atoms with Crippen LogP contribution in [0.5, 0.6) is 0 Å². The largest absolute Gasteiger partial charge is 0.493 e. The number of aromatic nitrogens is 2. The first kappa shape index (κ1) is 21.9. The molecule has 0 N–H and O–H groups in total. The van der Waals surface area contributed by atoms with Crippen molar-refractivity contribution in [3.8, 4) is 0 Å². The fourth-order valence-electron chi connectivity index (χ4n) is 5.52. The van der Waals surface area contributed by atoms with Gasteiger partial charge in [-0.25, -0.2) is 0 Å². The minimum absolute atomic E-state index is 0.0536. The van der Waals surface area contributed by atoms with Gasteiger partial charge in [-0.1, -0.05) is 37.2 Å². The highest BCUT2D eigenvalue weighted by molar-refractivity contribution is 6.24. The van der Waals surface area contributed by atoms with Gasteiger partial charge in [0.25, 0.3) is 0 Å². The Balaban J connectivity index is 1.24. The van der Waals surface area contributed by atoms with Gasteiger partial charge in [-0.2, -0.15) is 0 Å². The minimum Gasteiger partial charge on any atom is -0.493 e. The molecule has 180 valence electrons. The lowest BCUT2D eigenvalue weighted by molar-refractivity contribution is -0.116. The van der Waals surface area contributed by atoms with Crippen LogP contribution in [0, 0.1) is 5.92 Å². The average Bonchev–Trinajstić information content (AvgIpc) is 3.75. The zero-order valence-electron chi connectivity index (χ0n) is 20.4. The topological polar surface area (TPSA) is 78.4 Å². The predicted octanol–water partition coefficient (Wildman–Crippen LogP) is 6.86. The lowest BCUT2D eigenvalue weighted by Crippen LogP contribution is -2.15. The number of hydrogen-bond acceptors (Lipinski definition) is 6. The summed E-state index contributed by atoms with van der Waals surface area (Å²) in [5, 5.41) is 8.89. The van der Waals surface area contributed by atoms with Crippen LogP contribution in [0.2, 0.25) is 0 Å². The van der Waals surface area contributed by atoms with Gasteiger partial charge in [-0.05, 0) is 63.4 Å².